The van der Waals surface area contributed by atoms with Gasteiger partial charge < -0.3 is 4.40 Å². The Labute approximate surface area is 106 Å². The summed E-state index contributed by atoms with van der Waals surface area (Å²) in [5, 5.41) is 2.15. The highest BCUT2D eigenvalue weighted by Gasteiger charge is 2.08. The molecule has 1 aromatic carbocycles. The summed E-state index contributed by atoms with van der Waals surface area (Å²) in [5.41, 5.74) is 1.31. The van der Waals surface area contributed by atoms with Gasteiger partial charge in [-0.1, -0.05) is 22.0 Å². The summed E-state index contributed by atoms with van der Waals surface area (Å²) in [7, 11) is 0. The second-order valence-corrected chi connectivity index (χ2v) is 4.88. The third-order valence-corrected chi connectivity index (χ3v) is 3.26. The second-order valence-electron chi connectivity index (χ2n) is 3.96. The molecule has 0 radical (unpaired) electrons. The van der Waals surface area contributed by atoms with E-state index >= 15 is 0 Å². The molecule has 0 bridgehead atoms. The molecule has 0 spiro atoms. The molecule has 0 aliphatic heterocycles. The minimum Gasteiger partial charge on any atom is -0.306 e. The molecule has 4 heteroatoms. The fourth-order valence-electron chi connectivity index (χ4n) is 1.90. The number of nitrogens with zero attached hydrogens (tertiary/aromatic N) is 2. The van der Waals surface area contributed by atoms with Crippen molar-refractivity contribution in [3.05, 3.63) is 46.8 Å². The summed E-state index contributed by atoms with van der Waals surface area (Å²) in [6.45, 7) is 1.53. The smallest absolute Gasteiger partial charge is 0.179 e. The zero-order valence-corrected chi connectivity index (χ0v) is 10.7. The number of halogens is 1. The van der Waals surface area contributed by atoms with Crippen LogP contribution in [0.1, 0.15) is 17.4 Å². The zero-order chi connectivity index (χ0) is 12.0. The first-order valence-electron chi connectivity index (χ1n) is 5.23. The van der Waals surface area contributed by atoms with Crippen LogP contribution >= 0.6 is 15.9 Å². The normalized spacial score (nSPS) is 11.2. The number of aromatic nitrogens is 2. The van der Waals surface area contributed by atoms with E-state index in [1.807, 2.05) is 34.9 Å². The van der Waals surface area contributed by atoms with Crippen LogP contribution < -0.4 is 0 Å². The largest absolute Gasteiger partial charge is 0.306 e. The van der Waals surface area contributed by atoms with Crippen LogP contribution in [0.3, 0.4) is 0 Å². The maximum absolute atomic E-state index is 11.3. The highest BCUT2D eigenvalue weighted by Crippen LogP contribution is 2.23. The molecule has 3 nitrogen and oxygen atoms in total. The van der Waals surface area contributed by atoms with Crippen molar-refractivity contribution in [3.8, 4) is 0 Å². The molecule has 3 aromatic rings. The molecule has 0 aliphatic rings. The Morgan fingerprint density at radius 3 is 2.94 bits per heavy atom. The van der Waals surface area contributed by atoms with Gasteiger partial charge in [0.25, 0.3) is 0 Å². The van der Waals surface area contributed by atoms with Crippen LogP contribution in [0.5, 0.6) is 0 Å². The minimum atomic E-state index is -0.0168. The summed E-state index contributed by atoms with van der Waals surface area (Å²) >= 11 is 3.45. The van der Waals surface area contributed by atoms with Gasteiger partial charge in [0, 0.05) is 29.2 Å². The zero-order valence-electron chi connectivity index (χ0n) is 9.14. The standard InChI is InChI=1S/C13H9BrN2O/c1-8(17)12-7-16-5-4-9-2-3-10(14)6-11(9)13(16)15-12/h2-7H,1H3. The van der Waals surface area contributed by atoms with E-state index in [0.717, 1.165) is 20.9 Å². The molecule has 0 fully saturated rings. The molecule has 0 atom stereocenters. The van der Waals surface area contributed by atoms with E-state index in [1.165, 1.54) is 6.92 Å². The van der Waals surface area contributed by atoms with Gasteiger partial charge in [-0.3, -0.25) is 4.79 Å². The lowest BCUT2D eigenvalue weighted by Gasteiger charge is -2.00. The molecule has 3 rings (SSSR count). The number of hydrogen-bond acceptors (Lipinski definition) is 2. The summed E-state index contributed by atoms with van der Waals surface area (Å²) in [6.07, 6.45) is 3.68. The molecular formula is C13H9BrN2O. The molecule has 2 aromatic heterocycles. The van der Waals surface area contributed by atoms with Gasteiger partial charge >= 0.3 is 0 Å². The first-order chi connectivity index (χ1) is 8.15. The second kappa shape index (κ2) is 3.67. The van der Waals surface area contributed by atoms with E-state index in [4.69, 9.17) is 0 Å². The molecular weight excluding hydrogens is 280 g/mol. The number of carbonyl (C=O) groups excluding carboxylic acids is 1. The van der Waals surface area contributed by atoms with Gasteiger partial charge in [0.15, 0.2) is 5.78 Å². The van der Waals surface area contributed by atoms with Crippen molar-refractivity contribution in [2.24, 2.45) is 0 Å². The molecule has 0 amide bonds. The third kappa shape index (κ3) is 1.65. The Morgan fingerprint density at radius 2 is 2.18 bits per heavy atom. The van der Waals surface area contributed by atoms with Crippen LogP contribution in [0.25, 0.3) is 16.4 Å². The fourth-order valence-corrected chi connectivity index (χ4v) is 2.27. The van der Waals surface area contributed by atoms with Crippen molar-refractivity contribution < 1.29 is 4.79 Å². The Morgan fingerprint density at radius 1 is 1.35 bits per heavy atom. The van der Waals surface area contributed by atoms with Crippen molar-refractivity contribution in [1.82, 2.24) is 9.38 Å². The summed E-state index contributed by atoms with van der Waals surface area (Å²) in [5.74, 6) is -0.0168. The molecule has 0 unspecified atom stereocenters. The van der Waals surface area contributed by atoms with Crippen LogP contribution in [0.15, 0.2) is 41.1 Å². The number of carbonyl (C=O) groups is 1. The van der Waals surface area contributed by atoms with Gasteiger partial charge in [-0.25, -0.2) is 4.98 Å². The molecule has 17 heavy (non-hydrogen) atoms. The van der Waals surface area contributed by atoms with Gasteiger partial charge in [-0.05, 0) is 23.6 Å². The number of pyridine rings is 1. The average Bonchev–Trinajstić information content (AvgIpc) is 2.73. The topological polar surface area (TPSA) is 34.4 Å². The maximum Gasteiger partial charge on any atom is 0.179 e. The quantitative estimate of drug-likeness (QED) is 0.643. The molecule has 0 N–H and O–H groups in total. The number of rotatable bonds is 1. The molecule has 0 saturated carbocycles. The van der Waals surface area contributed by atoms with Gasteiger partial charge in [0.1, 0.15) is 11.3 Å². The maximum atomic E-state index is 11.3. The lowest BCUT2D eigenvalue weighted by atomic mass is 10.2. The third-order valence-electron chi connectivity index (χ3n) is 2.76. The van der Waals surface area contributed by atoms with Crippen LogP contribution in [0, 0.1) is 0 Å². The fraction of sp³-hybridized carbons (Fsp3) is 0.0769. The minimum absolute atomic E-state index is 0.0168. The number of Topliss-reactive ketones (excluding diaryl/α,β-unsaturated/α-hetero) is 1. The van der Waals surface area contributed by atoms with Crippen molar-refractivity contribution >= 4 is 38.1 Å². The Bertz CT molecular complexity index is 746. The van der Waals surface area contributed by atoms with E-state index in [1.54, 1.807) is 6.20 Å². The Kier molecular flexibility index (Phi) is 2.26. The summed E-state index contributed by atoms with van der Waals surface area (Å²) in [4.78, 5) is 15.7. The van der Waals surface area contributed by atoms with E-state index in [9.17, 15) is 4.79 Å². The molecule has 0 aliphatic carbocycles. The van der Waals surface area contributed by atoms with E-state index in [2.05, 4.69) is 20.9 Å². The van der Waals surface area contributed by atoms with Gasteiger partial charge in [-0.15, -0.1) is 0 Å². The lowest BCUT2D eigenvalue weighted by Crippen LogP contribution is -1.90. The Balaban J connectivity index is 2.45. The van der Waals surface area contributed by atoms with Crippen LogP contribution in [-0.2, 0) is 0 Å². The first-order valence-corrected chi connectivity index (χ1v) is 6.02. The van der Waals surface area contributed by atoms with Crippen molar-refractivity contribution in [3.63, 3.8) is 0 Å². The van der Waals surface area contributed by atoms with Crippen LogP contribution in [0.2, 0.25) is 0 Å². The van der Waals surface area contributed by atoms with E-state index in [0.29, 0.717) is 5.69 Å². The van der Waals surface area contributed by atoms with Gasteiger partial charge in [0.2, 0.25) is 0 Å². The van der Waals surface area contributed by atoms with Crippen molar-refractivity contribution in [2.75, 3.05) is 0 Å². The SMILES string of the molecule is CC(=O)c1cn2ccc3ccc(Br)cc3c2n1. The lowest BCUT2D eigenvalue weighted by molar-refractivity contribution is 0.101. The van der Waals surface area contributed by atoms with Crippen LogP contribution in [0.4, 0.5) is 0 Å². The van der Waals surface area contributed by atoms with E-state index in [-0.39, 0.29) is 5.78 Å². The number of hydrogen-bond donors (Lipinski definition) is 0. The van der Waals surface area contributed by atoms with Crippen molar-refractivity contribution in [2.45, 2.75) is 6.92 Å². The molecule has 0 saturated heterocycles. The number of imidazole rings is 1. The number of benzene rings is 1. The number of fused-ring (bicyclic) bond motifs is 3. The summed E-state index contributed by atoms with van der Waals surface area (Å²) in [6, 6.07) is 8.05. The highest BCUT2D eigenvalue weighted by molar-refractivity contribution is 9.10. The van der Waals surface area contributed by atoms with Crippen LogP contribution in [-0.4, -0.2) is 15.2 Å². The summed E-state index contributed by atoms with van der Waals surface area (Å²) < 4.78 is 2.89. The molecule has 84 valence electrons. The highest BCUT2D eigenvalue weighted by atomic mass is 79.9. The predicted molar refractivity (Wildman–Crippen MR) is 70.4 cm³/mol. The Hall–Kier alpha value is -1.68. The number of ketones is 1. The molecule has 2 heterocycles. The van der Waals surface area contributed by atoms with E-state index < -0.39 is 0 Å². The average molecular weight is 289 g/mol. The van der Waals surface area contributed by atoms with Crippen molar-refractivity contribution in [1.29, 1.82) is 0 Å². The van der Waals surface area contributed by atoms with Gasteiger partial charge in [-0.2, -0.15) is 0 Å². The monoisotopic (exact) mass is 288 g/mol. The predicted octanol–water partition coefficient (Wildman–Crippen LogP) is 3.45. The first kappa shape index (κ1) is 10.5. The van der Waals surface area contributed by atoms with Gasteiger partial charge in [0.05, 0.1) is 0 Å².